The molecule has 0 aromatic heterocycles. The second-order valence-electron chi connectivity index (χ2n) is 8.00. The molecule has 0 saturated heterocycles. The molecule has 9 heteroatoms. The van der Waals surface area contributed by atoms with Crippen LogP contribution in [0.15, 0.2) is 29.2 Å². The van der Waals surface area contributed by atoms with Crippen LogP contribution in [0.2, 0.25) is 0 Å². The zero-order valence-electron chi connectivity index (χ0n) is 18.1. The number of anilines is 1. The molecule has 0 unspecified atom stereocenters. The number of sulfonamides is 1. The Bertz CT molecular complexity index is 837. The number of carbonyl (C=O) groups excluding carboxylic acids is 2. The lowest BCUT2D eigenvalue weighted by Crippen LogP contribution is -2.48. The van der Waals surface area contributed by atoms with Crippen LogP contribution in [-0.2, 0) is 19.6 Å². The fourth-order valence-corrected chi connectivity index (χ4v) is 5.37. The number of nitrogens with zero attached hydrogens (tertiary/aromatic N) is 1. The number of carbonyl (C=O) groups is 2. The Morgan fingerprint density at radius 1 is 1.20 bits per heavy atom. The van der Waals surface area contributed by atoms with Crippen LogP contribution in [0.4, 0.5) is 5.69 Å². The molecule has 4 N–H and O–H groups in total. The van der Waals surface area contributed by atoms with E-state index < -0.39 is 27.9 Å². The molecule has 0 spiro atoms. The molecule has 1 aromatic carbocycles. The van der Waals surface area contributed by atoms with Gasteiger partial charge in [0.2, 0.25) is 21.8 Å². The molecule has 1 aromatic rings. The van der Waals surface area contributed by atoms with Gasteiger partial charge in [0, 0.05) is 13.1 Å². The number of nitrogens with one attached hydrogen (secondary N) is 2. The minimum Gasteiger partial charge on any atom is -0.368 e. The van der Waals surface area contributed by atoms with E-state index in [0.29, 0.717) is 0 Å². The number of para-hydroxylation sites is 1. The highest BCUT2D eigenvalue weighted by molar-refractivity contribution is 7.89. The molecule has 1 aliphatic carbocycles. The summed E-state index contributed by atoms with van der Waals surface area (Å²) in [6.07, 6.45) is 5.60. The molecule has 0 heterocycles. The van der Waals surface area contributed by atoms with E-state index in [-0.39, 0.29) is 29.1 Å². The van der Waals surface area contributed by atoms with Gasteiger partial charge >= 0.3 is 0 Å². The Morgan fingerprint density at radius 3 is 2.43 bits per heavy atom. The molecule has 30 heavy (non-hydrogen) atoms. The van der Waals surface area contributed by atoms with E-state index in [1.54, 1.807) is 25.2 Å². The largest absolute Gasteiger partial charge is 0.368 e. The monoisotopic (exact) mass is 438 g/mol. The van der Waals surface area contributed by atoms with Crippen molar-refractivity contribution in [2.45, 2.75) is 69.4 Å². The fraction of sp³-hybridized carbons (Fsp3) is 0.619. The van der Waals surface area contributed by atoms with Gasteiger partial charge in [0.05, 0.1) is 18.3 Å². The molecule has 8 nitrogen and oxygen atoms in total. The van der Waals surface area contributed by atoms with Crippen LogP contribution < -0.4 is 16.4 Å². The molecule has 2 rings (SSSR count). The van der Waals surface area contributed by atoms with E-state index >= 15 is 0 Å². The van der Waals surface area contributed by atoms with Crippen molar-refractivity contribution in [3.8, 4) is 0 Å². The van der Waals surface area contributed by atoms with Crippen LogP contribution in [0.25, 0.3) is 0 Å². The molecule has 1 saturated carbocycles. The number of nitrogens with two attached hydrogens (primary N) is 1. The van der Waals surface area contributed by atoms with E-state index in [0.717, 1.165) is 38.5 Å². The summed E-state index contributed by atoms with van der Waals surface area (Å²) < 4.78 is 27.9. The molecule has 0 radical (unpaired) electrons. The first-order valence-corrected chi connectivity index (χ1v) is 12.0. The first kappa shape index (κ1) is 24.3. The number of amides is 2. The lowest BCUT2D eigenvalue weighted by Gasteiger charge is -2.31. The predicted molar refractivity (Wildman–Crippen MR) is 117 cm³/mol. The number of rotatable bonds is 10. The summed E-state index contributed by atoms with van der Waals surface area (Å²) in [7, 11) is -2.15. The third-order valence-electron chi connectivity index (χ3n) is 5.91. The zero-order chi connectivity index (χ0) is 22.3. The SMILES string of the molecule is CC[C@H](C)[C@H](NCC(=O)Nc1ccccc1S(=O)(=O)N(C)C1CCCCC1)C(N)=O. The van der Waals surface area contributed by atoms with Crippen molar-refractivity contribution in [3.05, 3.63) is 24.3 Å². The zero-order valence-corrected chi connectivity index (χ0v) is 18.9. The Balaban J connectivity index is 2.12. The molecule has 0 bridgehead atoms. The molecule has 1 aliphatic rings. The molecule has 0 aliphatic heterocycles. The van der Waals surface area contributed by atoms with E-state index in [1.807, 2.05) is 13.8 Å². The van der Waals surface area contributed by atoms with E-state index in [4.69, 9.17) is 5.73 Å². The van der Waals surface area contributed by atoms with Crippen LogP contribution in [0.5, 0.6) is 0 Å². The normalized spacial score (nSPS) is 17.5. The average molecular weight is 439 g/mol. The van der Waals surface area contributed by atoms with E-state index in [9.17, 15) is 18.0 Å². The van der Waals surface area contributed by atoms with Crippen molar-refractivity contribution < 1.29 is 18.0 Å². The smallest absolute Gasteiger partial charge is 0.245 e. The summed E-state index contributed by atoms with van der Waals surface area (Å²) >= 11 is 0. The topological polar surface area (TPSA) is 122 Å². The Morgan fingerprint density at radius 2 is 1.83 bits per heavy atom. The van der Waals surface area contributed by atoms with Crippen molar-refractivity contribution in [2.24, 2.45) is 11.7 Å². The summed E-state index contributed by atoms with van der Waals surface area (Å²) in [5.74, 6) is -0.978. The highest BCUT2D eigenvalue weighted by Crippen LogP contribution is 2.29. The first-order valence-electron chi connectivity index (χ1n) is 10.6. The molecule has 2 amide bonds. The Hall–Kier alpha value is -1.97. The van der Waals surface area contributed by atoms with Gasteiger partial charge in [0.25, 0.3) is 0 Å². The van der Waals surface area contributed by atoms with Crippen LogP contribution in [0, 0.1) is 5.92 Å². The van der Waals surface area contributed by atoms with Gasteiger partial charge in [-0.25, -0.2) is 8.42 Å². The van der Waals surface area contributed by atoms with Gasteiger partial charge in [0.15, 0.2) is 0 Å². The van der Waals surface area contributed by atoms with Crippen molar-refractivity contribution in [2.75, 3.05) is 18.9 Å². The summed E-state index contributed by atoms with van der Waals surface area (Å²) in [4.78, 5) is 24.2. The first-order chi connectivity index (χ1) is 14.2. The molecule has 168 valence electrons. The summed E-state index contributed by atoms with van der Waals surface area (Å²) in [6.45, 7) is 3.67. The summed E-state index contributed by atoms with van der Waals surface area (Å²) in [6, 6.07) is 5.73. The third kappa shape index (κ3) is 6.02. The van der Waals surface area contributed by atoms with Gasteiger partial charge in [-0.3, -0.25) is 14.9 Å². The second kappa shape index (κ2) is 10.9. The minimum absolute atomic E-state index is 0.0212. The fourth-order valence-electron chi connectivity index (χ4n) is 3.81. The molecule has 2 atom stereocenters. The number of hydrogen-bond acceptors (Lipinski definition) is 5. The summed E-state index contributed by atoms with van der Waals surface area (Å²) in [5.41, 5.74) is 5.65. The minimum atomic E-state index is -3.75. The van der Waals surface area contributed by atoms with Crippen molar-refractivity contribution in [1.29, 1.82) is 0 Å². The Kier molecular flexibility index (Phi) is 8.81. The molecular weight excluding hydrogens is 404 g/mol. The van der Waals surface area contributed by atoms with Crippen molar-refractivity contribution >= 4 is 27.5 Å². The number of primary amides is 1. The molecule has 1 fully saturated rings. The average Bonchev–Trinajstić information content (AvgIpc) is 2.73. The quantitative estimate of drug-likeness (QED) is 0.516. The Labute approximate surface area is 179 Å². The maximum Gasteiger partial charge on any atom is 0.245 e. The van der Waals surface area contributed by atoms with Crippen LogP contribution >= 0.6 is 0 Å². The third-order valence-corrected chi connectivity index (χ3v) is 7.88. The maximum atomic E-state index is 13.2. The van der Waals surface area contributed by atoms with Crippen LogP contribution in [0.1, 0.15) is 52.4 Å². The van der Waals surface area contributed by atoms with E-state index in [1.165, 1.54) is 10.4 Å². The van der Waals surface area contributed by atoms with Gasteiger partial charge in [0.1, 0.15) is 4.90 Å². The van der Waals surface area contributed by atoms with Gasteiger partial charge in [-0.1, -0.05) is 51.7 Å². The van der Waals surface area contributed by atoms with Gasteiger partial charge in [-0.15, -0.1) is 0 Å². The van der Waals surface area contributed by atoms with Crippen molar-refractivity contribution in [3.63, 3.8) is 0 Å². The standard InChI is InChI=1S/C21H34N4O4S/c1-4-15(2)20(21(22)27)23-14-19(26)24-17-12-8-9-13-18(17)30(28,29)25(3)16-10-6-5-7-11-16/h8-9,12-13,15-16,20,23H,4-7,10-11,14H2,1-3H3,(H2,22,27)(H,24,26)/t15-,20-/m0/s1. The summed E-state index contributed by atoms with van der Waals surface area (Å²) in [5, 5.41) is 5.54. The van der Waals surface area contributed by atoms with Gasteiger partial charge in [-0.2, -0.15) is 4.31 Å². The molecular formula is C21H34N4O4S. The second-order valence-corrected chi connectivity index (χ2v) is 9.97. The maximum absolute atomic E-state index is 13.2. The highest BCUT2D eigenvalue weighted by atomic mass is 32.2. The predicted octanol–water partition coefficient (Wildman–Crippen LogP) is 2.07. The van der Waals surface area contributed by atoms with Gasteiger partial charge < -0.3 is 11.1 Å². The lowest BCUT2D eigenvalue weighted by molar-refractivity contribution is -0.121. The van der Waals surface area contributed by atoms with Crippen LogP contribution in [-0.4, -0.2) is 50.2 Å². The van der Waals surface area contributed by atoms with E-state index in [2.05, 4.69) is 10.6 Å². The van der Waals surface area contributed by atoms with Gasteiger partial charge in [-0.05, 0) is 30.9 Å². The lowest BCUT2D eigenvalue weighted by atomic mass is 9.96. The highest BCUT2D eigenvalue weighted by Gasteiger charge is 2.31. The number of hydrogen-bond donors (Lipinski definition) is 3. The number of benzene rings is 1. The van der Waals surface area contributed by atoms with Crippen molar-refractivity contribution in [1.82, 2.24) is 9.62 Å². The van der Waals surface area contributed by atoms with Crippen LogP contribution in [0.3, 0.4) is 0 Å².